The van der Waals surface area contributed by atoms with Crippen molar-refractivity contribution in [3.8, 4) is 6.07 Å². The van der Waals surface area contributed by atoms with E-state index < -0.39 is 29.9 Å². The third-order valence-electron chi connectivity index (χ3n) is 5.66. The van der Waals surface area contributed by atoms with Gasteiger partial charge in [0.2, 0.25) is 0 Å². The largest absolute Gasteiger partial charge is 0.393 e. The number of aromatic nitrogens is 1. The predicted octanol–water partition coefficient (Wildman–Crippen LogP) is 4.09. The first-order valence-corrected chi connectivity index (χ1v) is 9.92. The second kappa shape index (κ2) is 8.60. The highest BCUT2D eigenvalue weighted by atomic mass is 19.4. The number of nitrogens with zero attached hydrogens (tertiary/aromatic N) is 3. The number of Topliss-reactive ketones (excluding diaryl/α,β-unsaturated/α-hetero) is 1. The predicted molar refractivity (Wildman–Crippen MR) is 107 cm³/mol. The van der Waals surface area contributed by atoms with Crippen molar-refractivity contribution >= 4 is 22.4 Å². The molecular weight excluding hydrogens is 395 g/mol. The summed E-state index contributed by atoms with van der Waals surface area (Å²) < 4.78 is 40.9. The highest BCUT2D eigenvalue weighted by Crippen LogP contribution is 2.40. The van der Waals surface area contributed by atoms with Crippen molar-refractivity contribution in [2.45, 2.75) is 39.0 Å². The van der Waals surface area contributed by atoms with Gasteiger partial charge in [0.25, 0.3) is 0 Å². The van der Waals surface area contributed by atoms with Crippen LogP contribution in [0.4, 0.5) is 18.9 Å². The first kappa shape index (κ1) is 22.0. The molecule has 0 radical (unpaired) electrons. The van der Waals surface area contributed by atoms with Crippen LogP contribution in [0.15, 0.2) is 30.5 Å². The molecule has 8 heteroatoms. The molecule has 0 amide bonds. The zero-order valence-corrected chi connectivity index (χ0v) is 16.9. The minimum absolute atomic E-state index is 0.102. The number of hydrogen-bond acceptors (Lipinski definition) is 5. The molecule has 0 spiro atoms. The molecule has 1 N–H and O–H groups in total. The number of nitriles is 1. The van der Waals surface area contributed by atoms with E-state index in [1.54, 1.807) is 43.0 Å². The number of benzene rings is 1. The molecule has 5 nitrogen and oxygen atoms in total. The fraction of sp³-hybridized carbons (Fsp3) is 0.500. The van der Waals surface area contributed by atoms with Gasteiger partial charge in [0, 0.05) is 36.8 Å². The van der Waals surface area contributed by atoms with E-state index in [0.29, 0.717) is 22.2 Å². The van der Waals surface area contributed by atoms with Gasteiger partial charge in [0.1, 0.15) is 12.2 Å². The third-order valence-corrected chi connectivity index (χ3v) is 5.66. The normalized spacial score (nSPS) is 20.9. The highest BCUT2D eigenvalue weighted by Gasteiger charge is 2.45. The average Bonchev–Trinajstić information content (AvgIpc) is 2.71. The maximum atomic E-state index is 13.6. The number of rotatable bonds is 5. The summed E-state index contributed by atoms with van der Waals surface area (Å²) in [6.45, 7) is 3.43. The molecule has 0 bridgehead atoms. The van der Waals surface area contributed by atoms with Gasteiger partial charge in [0.15, 0.2) is 5.78 Å². The second-order valence-electron chi connectivity index (χ2n) is 8.25. The minimum Gasteiger partial charge on any atom is -0.385 e. The number of carbonyl (C=O) groups excluding carboxylic acids is 1. The molecule has 1 saturated heterocycles. The van der Waals surface area contributed by atoms with Crippen LogP contribution in [0.25, 0.3) is 10.9 Å². The zero-order valence-electron chi connectivity index (χ0n) is 16.9. The van der Waals surface area contributed by atoms with Crippen molar-refractivity contribution in [1.29, 1.82) is 5.26 Å². The van der Waals surface area contributed by atoms with Gasteiger partial charge in [-0.25, -0.2) is 0 Å². The van der Waals surface area contributed by atoms with Crippen LogP contribution in [0, 0.1) is 29.1 Å². The van der Waals surface area contributed by atoms with Gasteiger partial charge in [-0.05, 0) is 42.5 Å². The van der Waals surface area contributed by atoms with Crippen molar-refractivity contribution in [2.24, 2.45) is 17.8 Å². The first-order chi connectivity index (χ1) is 14.1. The van der Waals surface area contributed by atoms with Gasteiger partial charge in [-0.1, -0.05) is 13.8 Å². The van der Waals surface area contributed by atoms with E-state index >= 15 is 0 Å². The second-order valence-corrected chi connectivity index (χ2v) is 8.25. The van der Waals surface area contributed by atoms with Crippen LogP contribution >= 0.6 is 0 Å². The summed E-state index contributed by atoms with van der Waals surface area (Å²) in [6.07, 6.45) is -4.28. The lowest BCUT2D eigenvalue weighted by Gasteiger charge is -2.40. The summed E-state index contributed by atoms with van der Waals surface area (Å²) in [5.41, 5.74) is 1.35. The fourth-order valence-electron chi connectivity index (χ4n) is 4.09. The molecule has 0 saturated carbocycles. The molecule has 1 aliphatic heterocycles. The Kier molecular flexibility index (Phi) is 6.32. The number of alkyl halides is 3. The number of hydrogen-bond donors (Lipinski definition) is 1. The Hall–Kier alpha value is -2.66. The number of aliphatic hydroxyl groups is 1. The number of piperidine rings is 1. The van der Waals surface area contributed by atoms with Crippen molar-refractivity contribution in [1.82, 2.24) is 4.98 Å². The van der Waals surface area contributed by atoms with E-state index in [1.807, 2.05) is 0 Å². The summed E-state index contributed by atoms with van der Waals surface area (Å²) in [6, 6.07) is 8.67. The maximum absolute atomic E-state index is 13.6. The van der Waals surface area contributed by atoms with Crippen LogP contribution < -0.4 is 4.90 Å². The number of pyridine rings is 1. The van der Waals surface area contributed by atoms with Crippen molar-refractivity contribution in [3.63, 3.8) is 0 Å². The molecule has 1 aromatic heterocycles. The van der Waals surface area contributed by atoms with Gasteiger partial charge in [-0.2, -0.15) is 18.4 Å². The monoisotopic (exact) mass is 419 g/mol. The molecule has 2 unspecified atom stereocenters. The van der Waals surface area contributed by atoms with Gasteiger partial charge in [-0.3, -0.25) is 9.78 Å². The zero-order chi connectivity index (χ0) is 22.1. The number of halogens is 3. The van der Waals surface area contributed by atoms with E-state index in [9.17, 15) is 28.3 Å². The molecule has 3 rings (SSSR count). The lowest BCUT2D eigenvalue weighted by atomic mass is 9.83. The van der Waals surface area contributed by atoms with Crippen LogP contribution in [0.3, 0.4) is 0 Å². The fourth-order valence-corrected chi connectivity index (χ4v) is 4.09. The van der Waals surface area contributed by atoms with Crippen LogP contribution in [0.1, 0.15) is 32.3 Å². The van der Waals surface area contributed by atoms with Crippen LogP contribution in [0.2, 0.25) is 0 Å². The van der Waals surface area contributed by atoms with Crippen molar-refractivity contribution < 1.29 is 23.1 Å². The van der Waals surface area contributed by atoms with E-state index in [2.05, 4.69) is 11.1 Å². The number of aliphatic hydroxyl groups excluding tert-OH is 1. The van der Waals surface area contributed by atoms with Crippen LogP contribution in [0.5, 0.6) is 0 Å². The maximum Gasteiger partial charge on any atom is 0.393 e. The van der Waals surface area contributed by atoms with E-state index in [0.717, 1.165) is 0 Å². The topological polar surface area (TPSA) is 77.2 Å². The molecule has 0 aliphatic carbocycles. The lowest BCUT2D eigenvalue weighted by Crippen LogP contribution is -2.47. The van der Waals surface area contributed by atoms with Gasteiger partial charge in [0.05, 0.1) is 17.0 Å². The standard InChI is InChI=1S/C22H24F3N3O2/c1-13(2)21(30)19(29)9-14-8-16(22(23,24)25)12-28(11-14)18-6-5-15(10-26)20-17(18)4-3-7-27-20/h3-7,13-14,16,21,30H,8-9,11-12H2,1-2H3/t14?,16?,21-/m0/s1. The first-order valence-electron chi connectivity index (χ1n) is 9.92. The molecular formula is C22H24F3N3O2. The summed E-state index contributed by atoms with van der Waals surface area (Å²) in [5.74, 6) is -2.83. The molecule has 160 valence electrons. The molecule has 1 fully saturated rings. The van der Waals surface area contributed by atoms with Crippen molar-refractivity contribution in [2.75, 3.05) is 18.0 Å². The van der Waals surface area contributed by atoms with E-state index in [4.69, 9.17) is 0 Å². The van der Waals surface area contributed by atoms with E-state index in [-0.39, 0.29) is 31.8 Å². The minimum atomic E-state index is -4.39. The summed E-state index contributed by atoms with van der Waals surface area (Å²) in [7, 11) is 0. The number of carbonyl (C=O) groups is 1. The smallest absolute Gasteiger partial charge is 0.385 e. The number of fused-ring (bicyclic) bond motifs is 1. The Morgan fingerprint density at radius 3 is 2.70 bits per heavy atom. The van der Waals surface area contributed by atoms with Crippen LogP contribution in [-0.4, -0.2) is 41.2 Å². The SMILES string of the molecule is CC(C)[C@H](O)C(=O)CC1CC(C(F)(F)F)CN(c2ccc(C#N)c3ncccc23)C1. The van der Waals surface area contributed by atoms with E-state index in [1.165, 1.54) is 6.20 Å². The Morgan fingerprint density at radius 1 is 1.33 bits per heavy atom. The van der Waals surface area contributed by atoms with Gasteiger partial charge in [-0.15, -0.1) is 0 Å². The number of ketones is 1. The molecule has 2 aromatic rings. The van der Waals surface area contributed by atoms with Gasteiger partial charge < -0.3 is 10.0 Å². The third kappa shape index (κ3) is 4.57. The average molecular weight is 419 g/mol. The molecule has 1 aromatic carbocycles. The Balaban J connectivity index is 1.95. The quantitative estimate of drug-likeness (QED) is 0.790. The summed E-state index contributed by atoms with van der Waals surface area (Å²) in [5, 5.41) is 19.9. The van der Waals surface area contributed by atoms with Gasteiger partial charge >= 0.3 is 6.18 Å². The lowest BCUT2D eigenvalue weighted by molar-refractivity contribution is -0.180. The number of anilines is 1. The molecule has 3 atom stereocenters. The molecule has 2 heterocycles. The van der Waals surface area contributed by atoms with Crippen LogP contribution in [-0.2, 0) is 4.79 Å². The van der Waals surface area contributed by atoms with Crippen molar-refractivity contribution in [3.05, 3.63) is 36.0 Å². The Labute approximate surface area is 173 Å². The molecule has 1 aliphatic rings. The summed E-state index contributed by atoms with van der Waals surface area (Å²) in [4.78, 5) is 18.2. The summed E-state index contributed by atoms with van der Waals surface area (Å²) >= 11 is 0. The molecule has 30 heavy (non-hydrogen) atoms. The Bertz CT molecular complexity index is 968. The highest BCUT2D eigenvalue weighted by molar-refractivity contribution is 5.95. The Morgan fingerprint density at radius 2 is 2.07 bits per heavy atom.